The van der Waals surface area contributed by atoms with Crippen LogP contribution in [-0.2, 0) is 13.0 Å². The summed E-state index contributed by atoms with van der Waals surface area (Å²) < 4.78 is 7.58. The highest BCUT2D eigenvalue weighted by molar-refractivity contribution is 5.37. The summed E-state index contributed by atoms with van der Waals surface area (Å²) in [5.41, 5.74) is 7.05. The first-order chi connectivity index (χ1) is 8.74. The molecule has 0 saturated heterocycles. The normalized spacial score (nSPS) is 19.3. The summed E-state index contributed by atoms with van der Waals surface area (Å²) >= 11 is 0. The molecule has 2 heterocycles. The van der Waals surface area contributed by atoms with Crippen LogP contribution in [-0.4, -0.2) is 26.3 Å². The van der Waals surface area contributed by atoms with Crippen molar-refractivity contribution in [3.63, 3.8) is 0 Å². The Morgan fingerprint density at radius 2 is 2.33 bits per heavy atom. The zero-order chi connectivity index (χ0) is 12.5. The van der Waals surface area contributed by atoms with Gasteiger partial charge in [0.25, 0.3) is 0 Å². The van der Waals surface area contributed by atoms with Crippen LogP contribution in [0.3, 0.4) is 0 Å². The minimum atomic E-state index is -0.177. The molecule has 1 aliphatic rings. The molecule has 1 aromatic heterocycles. The van der Waals surface area contributed by atoms with Gasteiger partial charge in [0.15, 0.2) is 5.82 Å². The lowest BCUT2D eigenvalue weighted by molar-refractivity contribution is 0.199. The Kier molecular flexibility index (Phi) is 2.71. The first-order valence-corrected chi connectivity index (χ1v) is 6.00. The number of rotatable bonds is 3. The number of aromatic nitrogens is 4. The maximum absolute atomic E-state index is 5.86. The summed E-state index contributed by atoms with van der Waals surface area (Å²) in [7, 11) is 0. The van der Waals surface area contributed by atoms with Crippen LogP contribution < -0.4 is 10.5 Å². The fraction of sp³-hybridized carbons (Fsp3) is 0.417. The lowest BCUT2D eigenvalue weighted by Crippen LogP contribution is -2.25. The largest absolute Gasteiger partial charge is 0.488 e. The molecule has 2 N–H and O–H groups in total. The first kappa shape index (κ1) is 11.2. The van der Waals surface area contributed by atoms with E-state index in [1.54, 1.807) is 4.68 Å². The molecule has 6 heteroatoms. The average Bonchev–Trinajstić information content (AvgIpc) is 2.94. The molecule has 6 nitrogen and oxygen atoms in total. The fourth-order valence-corrected chi connectivity index (χ4v) is 2.22. The summed E-state index contributed by atoms with van der Waals surface area (Å²) in [5.74, 6) is 1.65. The van der Waals surface area contributed by atoms with Crippen molar-refractivity contribution in [3.05, 3.63) is 35.7 Å². The zero-order valence-electron chi connectivity index (χ0n) is 10.2. The van der Waals surface area contributed by atoms with Gasteiger partial charge < -0.3 is 10.5 Å². The summed E-state index contributed by atoms with van der Waals surface area (Å²) in [6.45, 7) is 2.49. The van der Waals surface area contributed by atoms with Gasteiger partial charge in [-0.05, 0) is 29.0 Å². The Bertz CT molecular complexity index is 526. The molecular formula is C12H15N5O. The number of hydrogen-bond donors (Lipinski definition) is 1. The monoisotopic (exact) mass is 245 g/mol. The number of nitrogens with zero attached hydrogens (tertiary/aromatic N) is 4. The number of tetrazole rings is 1. The molecule has 0 fully saturated rings. The van der Waals surface area contributed by atoms with E-state index >= 15 is 0 Å². The second kappa shape index (κ2) is 4.38. The number of nitrogens with two attached hydrogens (primary N) is 1. The van der Waals surface area contributed by atoms with Gasteiger partial charge in [-0.2, -0.15) is 0 Å². The Hall–Kier alpha value is -1.95. The van der Waals surface area contributed by atoms with Gasteiger partial charge in [0, 0.05) is 6.42 Å². The fourth-order valence-electron chi connectivity index (χ4n) is 2.22. The van der Waals surface area contributed by atoms with Crippen molar-refractivity contribution in [1.82, 2.24) is 20.2 Å². The van der Waals surface area contributed by atoms with Gasteiger partial charge >= 0.3 is 0 Å². The molecule has 2 aromatic rings. The number of ether oxygens (including phenoxy) is 1. The van der Waals surface area contributed by atoms with Crippen LogP contribution in [0.5, 0.6) is 5.75 Å². The van der Waals surface area contributed by atoms with Crippen LogP contribution in [0.1, 0.15) is 24.4 Å². The van der Waals surface area contributed by atoms with E-state index in [1.165, 1.54) is 5.56 Å². The molecule has 94 valence electrons. The lowest BCUT2D eigenvalue weighted by atomic mass is 10.1. The summed E-state index contributed by atoms with van der Waals surface area (Å²) in [4.78, 5) is 0. The Morgan fingerprint density at radius 1 is 1.50 bits per heavy atom. The van der Waals surface area contributed by atoms with Gasteiger partial charge in [-0.15, -0.1) is 5.10 Å². The molecule has 3 rings (SSSR count). The summed E-state index contributed by atoms with van der Waals surface area (Å²) in [6, 6.07) is 7.90. The zero-order valence-corrected chi connectivity index (χ0v) is 10.2. The molecule has 0 saturated carbocycles. The molecule has 0 bridgehead atoms. The first-order valence-electron chi connectivity index (χ1n) is 6.00. The molecule has 2 unspecified atom stereocenters. The van der Waals surface area contributed by atoms with E-state index in [9.17, 15) is 0 Å². The van der Waals surface area contributed by atoms with Crippen molar-refractivity contribution in [1.29, 1.82) is 0 Å². The second-order valence-corrected chi connectivity index (χ2v) is 4.56. The third-order valence-corrected chi connectivity index (χ3v) is 3.06. The van der Waals surface area contributed by atoms with E-state index < -0.39 is 0 Å². The quantitative estimate of drug-likeness (QED) is 0.861. The smallest absolute Gasteiger partial charge is 0.167 e. The van der Waals surface area contributed by atoms with Gasteiger partial charge in [-0.25, -0.2) is 4.68 Å². The van der Waals surface area contributed by atoms with E-state index in [4.69, 9.17) is 10.5 Å². The lowest BCUT2D eigenvalue weighted by Gasteiger charge is -2.12. The minimum absolute atomic E-state index is 0.0726. The van der Waals surface area contributed by atoms with Crippen LogP contribution in [0.4, 0.5) is 0 Å². The molecule has 0 radical (unpaired) electrons. The number of fused-ring (bicyclic) bond motifs is 1. The van der Waals surface area contributed by atoms with Gasteiger partial charge in [0.2, 0.25) is 0 Å². The van der Waals surface area contributed by atoms with Crippen LogP contribution in [0, 0.1) is 0 Å². The van der Waals surface area contributed by atoms with Crippen LogP contribution in [0.2, 0.25) is 0 Å². The van der Waals surface area contributed by atoms with Crippen molar-refractivity contribution in [2.75, 3.05) is 0 Å². The Morgan fingerprint density at radius 3 is 3.11 bits per heavy atom. The number of benzene rings is 1. The van der Waals surface area contributed by atoms with Crippen LogP contribution in [0.15, 0.2) is 24.3 Å². The standard InChI is InChI=1S/C12H15N5O/c1-8(13)12-14-15-16-17(12)7-10-6-9-4-2-3-5-11(9)18-10/h2-5,8,10H,6-7,13H2,1H3. The second-order valence-electron chi connectivity index (χ2n) is 4.56. The summed E-state index contributed by atoms with van der Waals surface area (Å²) in [6.07, 6.45) is 0.956. The average molecular weight is 245 g/mol. The summed E-state index contributed by atoms with van der Waals surface area (Å²) in [5, 5.41) is 11.5. The molecule has 0 spiro atoms. The van der Waals surface area contributed by atoms with Gasteiger partial charge in [-0.1, -0.05) is 18.2 Å². The molecular weight excluding hydrogens is 230 g/mol. The minimum Gasteiger partial charge on any atom is -0.488 e. The van der Waals surface area contributed by atoms with Gasteiger partial charge in [-0.3, -0.25) is 0 Å². The van der Waals surface area contributed by atoms with E-state index in [-0.39, 0.29) is 12.1 Å². The predicted octanol–water partition coefficient (Wildman–Crippen LogP) is 0.696. The molecule has 18 heavy (non-hydrogen) atoms. The third kappa shape index (κ3) is 1.95. The van der Waals surface area contributed by atoms with Crippen molar-refractivity contribution >= 4 is 0 Å². The highest BCUT2D eigenvalue weighted by Gasteiger charge is 2.24. The maximum atomic E-state index is 5.86. The van der Waals surface area contributed by atoms with Crippen molar-refractivity contribution < 1.29 is 4.74 Å². The molecule has 2 atom stereocenters. The number of para-hydroxylation sites is 1. The highest BCUT2D eigenvalue weighted by Crippen LogP contribution is 2.28. The van der Waals surface area contributed by atoms with Gasteiger partial charge in [0.1, 0.15) is 11.9 Å². The third-order valence-electron chi connectivity index (χ3n) is 3.06. The highest BCUT2D eigenvalue weighted by atomic mass is 16.5. The van der Waals surface area contributed by atoms with E-state index in [0.717, 1.165) is 12.2 Å². The Balaban J connectivity index is 1.74. The molecule has 1 aromatic carbocycles. The van der Waals surface area contributed by atoms with Crippen molar-refractivity contribution in [3.8, 4) is 5.75 Å². The van der Waals surface area contributed by atoms with Crippen molar-refractivity contribution in [2.45, 2.75) is 32.0 Å². The van der Waals surface area contributed by atoms with E-state index in [0.29, 0.717) is 12.4 Å². The molecule has 0 amide bonds. The predicted molar refractivity (Wildman–Crippen MR) is 65.0 cm³/mol. The van der Waals surface area contributed by atoms with Crippen molar-refractivity contribution in [2.24, 2.45) is 5.73 Å². The number of hydrogen-bond acceptors (Lipinski definition) is 5. The van der Waals surface area contributed by atoms with Crippen LogP contribution >= 0.6 is 0 Å². The maximum Gasteiger partial charge on any atom is 0.167 e. The topological polar surface area (TPSA) is 78.9 Å². The molecule has 1 aliphatic heterocycles. The van der Waals surface area contributed by atoms with E-state index in [1.807, 2.05) is 25.1 Å². The van der Waals surface area contributed by atoms with Crippen LogP contribution in [0.25, 0.3) is 0 Å². The van der Waals surface area contributed by atoms with Gasteiger partial charge in [0.05, 0.1) is 12.6 Å². The van der Waals surface area contributed by atoms with E-state index in [2.05, 4.69) is 21.6 Å². The molecule has 0 aliphatic carbocycles. The SMILES string of the molecule is CC(N)c1nnnn1CC1Cc2ccccc2O1. The Labute approximate surface area is 105 Å².